The zero-order chi connectivity index (χ0) is 13.0. The summed E-state index contributed by atoms with van der Waals surface area (Å²) in [7, 11) is 0. The molecule has 4 heteroatoms. The van der Waals surface area contributed by atoms with Crippen LogP contribution in [-0.4, -0.2) is 20.8 Å². The fraction of sp³-hybridized carbons (Fsp3) is 0.429. The van der Waals surface area contributed by atoms with Crippen LogP contribution < -0.4 is 5.32 Å². The number of aryl methyl sites for hydroxylation is 1. The van der Waals surface area contributed by atoms with Crippen molar-refractivity contribution in [1.29, 1.82) is 0 Å². The molecule has 2 rings (SSSR count). The Hall–Kier alpha value is -1.68. The number of rotatable bonds is 5. The van der Waals surface area contributed by atoms with E-state index in [0.717, 1.165) is 12.2 Å². The summed E-state index contributed by atoms with van der Waals surface area (Å²) in [6.45, 7) is 7.23. The van der Waals surface area contributed by atoms with Crippen molar-refractivity contribution in [3.8, 4) is 0 Å². The maximum Gasteiger partial charge on any atom is 0.0641 e. The van der Waals surface area contributed by atoms with Crippen molar-refractivity contribution in [3.63, 3.8) is 0 Å². The van der Waals surface area contributed by atoms with Gasteiger partial charge in [0.2, 0.25) is 0 Å². The zero-order valence-electron chi connectivity index (χ0n) is 11.2. The van der Waals surface area contributed by atoms with Crippen LogP contribution in [0.25, 0.3) is 0 Å². The predicted octanol–water partition coefficient (Wildman–Crippen LogP) is 2.33. The minimum Gasteiger partial charge on any atom is -0.308 e. The number of hydrogen-bond donors (Lipinski definition) is 1. The molecule has 0 saturated heterocycles. The van der Waals surface area contributed by atoms with Crippen molar-refractivity contribution >= 4 is 0 Å². The molecule has 2 aromatic rings. The summed E-state index contributed by atoms with van der Waals surface area (Å²) >= 11 is 0. The third-order valence-electron chi connectivity index (χ3n) is 3.40. The van der Waals surface area contributed by atoms with Crippen LogP contribution in [0.2, 0.25) is 0 Å². The van der Waals surface area contributed by atoms with Gasteiger partial charge in [-0.2, -0.15) is 5.10 Å². The Bertz CT molecular complexity index is 478. The highest BCUT2D eigenvalue weighted by molar-refractivity contribution is 5.17. The first-order valence-corrected chi connectivity index (χ1v) is 6.31. The van der Waals surface area contributed by atoms with Crippen molar-refractivity contribution < 1.29 is 0 Å². The molecule has 0 amide bonds. The molecule has 2 heterocycles. The normalized spacial score (nSPS) is 14.4. The predicted molar refractivity (Wildman–Crippen MR) is 72.2 cm³/mol. The molecule has 4 nitrogen and oxygen atoms in total. The Morgan fingerprint density at radius 1 is 1.28 bits per heavy atom. The van der Waals surface area contributed by atoms with Crippen molar-refractivity contribution in [1.82, 2.24) is 20.1 Å². The second kappa shape index (κ2) is 5.78. The van der Waals surface area contributed by atoms with Gasteiger partial charge in [0.25, 0.3) is 0 Å². The highest BCUT2D eigenvalue weighted by Gasteiger charge is 2.13. The second-order valence-corrected chi connectivity index (χ2v) is 4.64. The SMILES string of the molecule is Cc1ncccc1CN[C@H](C)[C@@H](C)n1cccn1. The van der Waals surface area contributed by atoms with Crippen molar-refractivity contribution in [2.45, 2.75) is 39.4 Å². The fourth-order valence-corrected chi connectivity index (χ4v) is 1.90. The lowest BCUT2D eigenvalue weighted by Gasteiger charge is -2.22. The van der Waals surface area contributed by atoms with Crippen LogP contribution in [0.15, 0.2) is 36.8 Å². The Morgan fingerprint density at radius 3 is 2.78 bits per heavy atom. The van der Waals surface area contributed by atoms with Crippen LogP contribution in [0.3, 0.4) is 0 Å². The number of nitrogens with zero attached hydrogens (tertiary/aromatic N) is 3. The molecule has 0 bridgehead atoms. The van der Waals surface area contributed by atoms with Gasteiger partial charge in [-0.3, -0.25) is 9.67 Å². The molecule has 0 fully saturated rings. The van der Waals surface area contributed by atoms with Gasteiger partial charge in [0.05, 0.1) is 6.04 Å². The molecule has 1 N–H and O–H groups in total. The third kappa shape index (κ3) is 2.96. The summed E-state index contributed by atoms with van der Waals surface area (Å²) in [5, 5.41) is 7.80. The summed E-state index contributed by atoms with van der Waals surface area (Å²) in [6, 6.07) is 6.72. The number of hydrogen-bond acceptors (Lipinski definition) is 3. The minimum absolute atomic E-state index is 0.331. The standard InChI is InChI=1S/C14H20N4/c1-11(13(3)18-9-5-8-17-18)16-10-14-6-4-7-15-12(14)2/h4-9,11,13,16H,10H2,1-3H3/t11-,13-/m1/s1. The maximum atomic E-state index is 4.29. The number of aromatic nitrogens is 3. The Morgan fingerprint density at radius 2 is 2.11 bits per heavy atom. The fourth-order valence-electron chi connectivity index (χ4n) is 1.90. The van der Waals surface area contributed by atoms with E-state index in [1.165, 1.54) is 5.56 Å². The molecule has 0 spiro atoms. The van der Waals surface area contributed by atoms with E-state index in [1.54, 1.807) is 0 Å². The zero-order valence-corrected chi connectivity index (χ0v) is 11.2. The van der Waals surface area contributed by atoms with Crippen LogP contribution in [-0.2, 0) is 6.54 Å². The highest BCUT2D eigenvalue weighted by atomic mass is 15.3. The topological polar surface area (TPSA) is 42.7 Å². The van der Waals surface area contributed by atoms with E-state index in [1.807, 2.05) is 42.3 Å². The lowest BCUT2D eigenvalue weighted by molar-refractivity contribution is 0.364. The number of nitrogens with one attached hydrogen (secondary N) is 1. The highest BCUT2D eigenvalue weighted by Crippen LogP contribution is 2.10. The molecule has 0 aliphatic heterocycles. The van der Waals surface area contributed by atoms with Gasteiger partial charge in [-0.1, -0.05) is 6.07 Å². The van der Waals surface area contributed by atoms with E-state index >= 15 is 0 Å². The molecular weight excluding hydrogens is 224 g/mol. The van der Waals surface area contributed by atoms with E-state index in [-0.39, 0.29) is 0 Å². The molecule has 0 aromatic carbocycles. The monoisotopic (exact) mass is 244 g/mol. The van der Waals surface area contributed by atoms with Gasteiger partial charge in [0.15, 0.2) is 0 Å². The lowest BCUT2D eigenvalue weighted by atomic mass is 10.1. The molecular formula is C14H20N4. The van der Waals surface area contributed by atoms with E-state index in [2.05, 4.69) is 35.3 Å². The van der Waals surface area contributed by atoms with E-state index in [4.69, 9.17) is 0 Å². The maximum absolute atomic E-state index is 4.29. The first kappa shape index (κ1) is 12.8. The van der Waals surface area contributed by atoms with E-state index < -0.39 is 0 Å². The Balaban J connectivity index is 1.92. The summed E-state index contributed by atoms with van der Waals surface area (Å²) in [6.07, 6.45) is 5.64. The summed E-state index contributed by atoms with van der Waals surface area (Å²) in [5.41, 5.74) is 2.33. The van der Waals surface area contributed by atoms with Gasteiger partial charge in [-0.25, -0.2) is 0 Å². The minimum atomic E-state index is 0.331. The summed E-state index contributed by atoms with van der Waals surface area (Å²) in [4.78, 5) is 4.29. The molecule has 0 aliphatic rings. The smallest absolute Gasteiger partial charge is 0.0641 e. The molecule has 2 aromatic heterocycles. The summed E-state index contributed by atoms with van der Waals surface area (Å²) in [5.74, 6) is 0. The molecule has 2 atom stereocenters. The average molecular weight is 244 g/mol. The second-order valence-electron chi connectivity index (χ2n) is 4.64. The van der Waals surface area contributed by atoms with Gasteiger partial charge in [0, 0.05) is 36.9 Å². The summed E-state index contributed by atoms with van der Waals surface area (Å²) < 4.78 is 1.98. The average Bonchev–Trinajstić information content (AvgIpc) is 2.90. The first-order chi connectivity index (χ1) is 8.68. The van der Waals surface area contributed by atoms with Crippen LogP contribution in [0.5, 0.6) is 0 Å². The van der Waals surface area contributed by atoms with Crippen LogP contribution >= 0.6 is 0 Å². The lowest BCUT2D eigenvalue weighted by Crippen LogP contribution is -2.33. The third-order valence-corrected chi connectivity index (χ3v) is 3.40. The Kier molecular flexibility index (Phi) is 4.10. The largest absolute Gasteiger partial charge is 0.308 e. The number of pyridine rings is 1. The Labute approximate surface area is 108 Å². The molecule has 18 heavy (non-hydrogen) atoms. The van der Waals surface area contributed by atoms with Gasteiger partial charge < -0.3 is 5.32 Å². The molecule has 96 valence electrons. The first-order valence-electron chi connectivity index (χ1n) is 6.31. The van der Waals surface area contributed by atoms with Gasteiger partial charge in [0.1, 0.15) is 0 Å². The van der Waals surface area contributed by atoms with E-state index in [0.29, 0.717) is 12.1 Å². The van der Waals surface area contributed by atoms with Crippen LogP contribution in [0.4, 0.5) is 0 Å². The van der Waals surface area contributed by atoms with Crippen molar-refractivity contribution in [2.75, 3.05) is 0 Å². The molecule has 0 saturated carbocycles. The van der Waals surface area contributed by atoms with Crippen molar-refractivity contribution in [2.24, 2.45) is 0 Å². The van der Waals surface area contributed by atoms with Crippen LogP contribution in [0, 0.1) is 6.92 Å². The molecule has 0 radical (unpaired) electrons. The van der Waals surface area contributed by atoms with Gasteiger partial charge in [-0.05, 0) is 38.5 Å². The van der Waals surface area contributed by atoms with Crippen LogP contribution in [0.1, 0.15) is 31.1 Å². The van der Waals surface area contributed by atoms with Gasteiger partial charge >= 0.3 is 0 Å². The quantitative estimate of drug-likeness (QED) is 0.877. The van der Waals surface area contributed by atoms with E-state index in [9.17, 15) is 0 Å². The molecule has 0 unspecified atom stereocenters. The van der Waals surface area contributed by atoms with Gasteiger partial charge in [-0.15, -0.1) is 0 Å². The molecule has 0 aliphatic carbocycles. The van der Waals surface area contributed by atoms with Crippen molar-refractivity contribution in [3.05, 3.63) is 48.0 Å².